The molecule has 5 heteroatoms. The molecular formula is C10H7N3OS. The SMILES string of the molecule is O=C(/C=C/c1ncccn1)c1nccs1. The number of ketones is 1. The summed E-state index contributed by atoms with van der Waals surface area (Å²) in [4.78, 5) is 23.3. The molecule has 0 aromatic carbocycles. The lowest BCUT2D eigenvalue weighted by Gasteiger charge is -1.88. The first kappa shape index (κ1) is 9.67. The third-order valence-electron chi connectivity index (χ3n) is 1.61. The van der Waals surface area contributed by atoms with E-state index >= 15 is 0 Å². The molecule has 0 aliphatic carbocycles. The summed E-state index contributed by atoms with van der Waals surface area (Å²) in [5.74, 6) is 0.389. The predicted octanol–water partition coefficient (Wildman–Crippen LogP) is 1.83. The minimum absolute atomic E-state index is 0.127. The van der Waals surface area contributed by atoms with Crippen LogP contribution in [0.5, 0.6) is 0 Å². The Labute approximate surface area is 90.4 Å². The van der Waals surface area contributed by atoms with E-state index < -0.39 is 0 Å². The summed E-state index contributed by atoms with van der Waals surface area (Å²) >= 11 is 1.31. The Bertz CT molecular complexity index is 465. The summed E-state index contributed by atoms with van der Waals surface area (Å²) in [6.45, 7) is 0. The zero-order valence-corrected chi connectivity index (χ0v) is 8.52. The Morgan fingerprint density at radius 2 is 2.00 bits per heavy atom. The molecule has 0 atom stereocenters. The fourth-order valence-electron chi connectivity index (χ4n) is 0.963. The molecular weight excluding hydrogens is 210 g/mol. The Hall–Kier alpha value is -1.88. The van der Waals surface area contributed by atoms with Crippen molar-refractivity contribution in [2.24, 2.45) is 0 Å². The van der Waals surface area contributed by atoms with Gasteiger partial charge in [0, 0.05) is 24.0 Å². The molecule has 74 valence electrons. The molecule has 0 radical (unpaired) electrons. The van der Waals surface area contributed by atoms with Gasteiger partial charge in [-0.25, -0.2) is 15.0 Å². The van der Waals surface area contributed by atoms with E-state index in [1.807, 2.05) is 0 Å². The van der Waals surface area contributed by atoms with Gasteiger partial charge in [-0.2, -0.15) is 0 Å². The summed E-state index contributed by atoms with van der Waals surface area (Å²) in [5, 5.41) is 2.24. The van der Waals surface area contributed by atoms with Crippen LogP contribution in [0.1, 0.15) is 15.6 Å². The maximum atomic E-state index is 11.5. The molecule has 0 amide bonds. The highest BCUT2D eigenvalue weighted by molar-refractivity contribution is 7.11. The number of aromatic nitrogens is 3. The van der Waals surface area contributed by atoms with E-state index in [-0.39, 0.29) is 5.78 Å². The third kappa shape index (κ3) is 2.54. The van der Waals surface area contributed by atoms with Crippen LogP contribution in [0.4, 0.5) is 0 Å². The van der Waals surface area contributed by atoms with Crippen molar-refractivity contribution < 1.29 is 4.79 Å². The number of carbonyl (C=O) groups is 1. The number of rotatable bonds is 3. The molecule has 0 N–H and O–H groups in total. The molecule has 15 heavy (non-hydrogen) atoms. The molecule has 2 aromatic rings. The van der Waals surface area contributed by atoms with Crippen LogP contribution in [0, 0.1) is 0 Å². The zero-order chi connectivity index (χ0) is 10.5. The summed E-state index contributed by atoms with van der Waals surface area (Å²) < 4.78 is 0. The number of thiazole rings is 1. The molecule has 0 aliphatic heterocycles. The Balaban J connectivity index is 2.10. The van der Waals surface area contributed by atoms with Crippen molar-refractivity contribution in [2.45, 2.75) is 0 Å². The van der Waals surface area contributed by atoms with E-state index in [1.165, 1.54) is 17.4 Å². The second kappa shape index (κ2) is 4.56. The molecule has 2 heterocycles. The summed E-state index contributed by atoms with van der Waals surface area (Å²) in [7, 11) is 0. The fraction of sp³-hybridized carbons (Fsp3) is 0. The molecule has 4 nitrogen and oxygen atoms in total. The molecule has 2 rings (SSSR count). The lowest BCUT2D eigenvalue weighted by molar-refractivity contribution is 0.104. The van der Waals surface area contributed by atoms with Gasteiger partial charge < -0.3 is 0 Å². The molecule has 0 fully saturated rings. The molecule has 0 unspecified atom stereocenters. The van der Waals surface area contributed by atoms with E-state index in [9.17, 15) is 4.79 Å². The van der Waals surface area contributed by atoms with Crippen molar-refractivity contribution in [2.75, 3.05) is 0 Å². The van der Waals surface area contributed by atoms with Crippen LogP contribution >= 0.6 is 11.3 Å². The Kier molecular flexibility index (Phi) is 2.94. The van der Waals surface area contributed by atoms with Crippen LogP contribution in [0.15, 0.2) is 36.1 Å². The average Bonchev–Trinajstić information content (AvgIpc) is 2.81. The molecule has 2 aromatic heterocycles. The summed E-state index contributed by atoms with van der Waals surface area (Å²) in [6.07, 6.45) is 7.85. The van der Waals surface area contributed by atoms with Gasteiger partial charge in [0.05, 0.1) is 0 Å². The maximum Gasteiger partial charge on any atom is 0.214 e. The smallest absolute Gasteiger partial charge is 0.214 e. The first-order chi connectivity index (χ1) is 7.36. The number of hydrogen-bond acceptors (Lipinski definition) is 5. The van der Waals surface area contributed by atoms with Crippen molar-refractivity contribution in [1.29, 1.82) is 0 Å². The topological polar surface area (TPSA) is 55.7 Å². The van der Waals surface area contributed by atoms with Crippen LogP contribution in [-0.2, 0) is 0 Å². The van der Waals surface area contributed by atoms with Crippen molar-refractivity contribution >= 4 is 23.2 Å². The van der Waals surface area contributed by atoms with Crippen molar-refractivity contribution in [3.05, 3.63) is 46.9 Å². The number of hydrogen-bond donors (Lipinski definition) is 0. The monoisotopic (exact) mass is 217 g/mol. The number of nitrogens with zero attached hydrogens (tertiary/aromatic N) is 3. The van der Waals surface area contributed by atoms with E-state index in [0.717, 1.165) is 0 Å². The van der Waals surface area contributed by atoms with Crippen LogP contribution < -0.4 is 0 Å². The van der Waals surface area contributed by atoms with Crippen molar-refractivity contribution in [3.63, 3.8) is 0 Å². The van der Waals surface area contributed by atoms with Crippen LogP contribution in [0.3, 0.4) is 0 Å². The second-order valence-electron chi connectivity index (χ2n) is 2.64. The molecule has 0 bridgehead atoms. The Morgan fingerprint density at radius 3 is 2.67 bits per heavy atom. The minimum Gasteiger partial charge on any atom is -0.287 e. The number of allylic oxidation sites excluding steroid dienone is 1. The average molecular weight is 217 g/mol. The minimum atomic E-state index is -0.127. The van der Waals surface area contributed by atoms with E-state index in [4.69, 9.17) is 0 Å². The lowest BCUT2D eigenvalue weighted by Crippen LogP contribution is -1.92. The van der Waals surface area contributed by atoms with Crippen molar-refractivity contribution in [1.82, 2.24) is 15.0 Å². The second-order valence-corrected chi connectivity index (χ2v) is 3.54. The highest BCUT2D eigenvalue weighted by Gasteiger charge is 2.03. The molecule has 0 saturated carbocycles. The first-order valence-electron chi connectivity index (χ1n) is 4.25. The van der Waals surface area contributed by atoms with Gasteiger partial charge in [-0.05, 0) is 18.2 Å². The summed E-state index contributed by atoms with van der Waals surface area (Å²) in [5.41, 5.74) is 0. The Morgan fingerprint density at radius 1 is 1.20 bits per heavy atom. The normalized spacial score (nSPS) is 10.7. The van der Waals surface area contributed by atoms with Gasteiger partial charge in [0.2, 0.25) is 5.78 Å². The fourth-order valence-corrected chi connectivity index (χ4v) is 1.52. The van der Waals surface area contributed by atoms with E-state index in [0.29, 0.717) is 10.8 Å². The van der Waals surface area contributed by atoms with Gasteiger partial charge >= 0.3 is 0 Å². The quantitative estimate of drug-likeness (QED) is 0.581. The van der Waals surface area contributed by atoms with Gasteiger partial charge in [-0.15, -0.1) is 11.3 Å². The third-order valence-corrected chi connectivity index (χ3v) is 2.40. The van der Waals surface area contributed by atoms with Gasteiger partial charge in [0.1, 0.15) is 0 Å². The zero-order valence-electron chi connectivity index (χ0n) is 7.70. The molecule has 0 aliphatic rings. The summed E-state index contributed by atoms with van der Waals surface area (Å²) in [6, 6.07) is 1.72. The first-order valence-corrected chi connectivity index (χ1v) is 5.13. The van der Waals surface area contributed by atoms with Crippen LogP contribution in [0.25, 0.3) is 6.08 Å². The van der Waals surface area contributed by atoms with Crippen molar-refractivity contribution in [3.8, 4) is 0 Å². The lowest BCUT2D eigenvalue weighted by atomic mass is 10.3. The van der Waals surface area contributed by atoms with Crippen LogP contribution in [0.2, 0.25) is 0 Å². The van der Waals surface area contributed by atoms with Gasteiger partial charge in [0.25, 0.3) is 0 Å². The van der Waals surface area contributed by atoms with Gasteiger partial charge in [-0.3, -0.25) is 4.79 Å². The maximum absolute atomic E-state index is 11.5. The van der Waals surface area contributed by atoms with Crippen LogP contribution in [-0.4, -0.2) is 20.7 Å². The van der Waals surface area contributed by atoms with E-state index in [2.05, 4.69) is 15.0 Å². The molecule has 0 saturated heterocycles. The van der Waals surface area contributed by atoms with Gasteiger partial charge in [0.15, 0.2) is 10.8 Å². The van der Waals surface area contributed by atoms with E-state index in [1.54, 1.807) is 36.1 Å². The predicted molar refractivity (Wildman–Crippen MR) is 57.5 cm³/mol. The highest BCUT2D eigenvalue weighted by atomic mass is 32.1. The highest BCUT2D eigenvalue weighted by Crippen LogP contribution is 2.06. The number of carbonyl (C=O) groups excluding carboxylic acids is 1. The molecule has 0 spiro atoms. The van der Waals surface area contributed by atoms with Gasteiger partial charge in [-0.1, -0.05) is 0 Å². The standard InChI is InChI=1S/C10H7N3OS/c14-8(10-13-6-7-15-10)2-3-9-11-4-1-5-12-9/h1-7H/b3-2+. The largest absolute Gasteiger partial charge is 0.287 e.